The van der Waals surface area contributed by atoms with Crippen molar-refractivity contribution in [2.24, 2.45) is 4.99 Å². The van der Waals surface area contributed by atoms with Crippen molar-refractivity contribution < 1.29 is 14.3 Å². The third-order valence-electron chi connectivity index (χ3n) is 9.66. The first-order chi connectivity index (χ1) is 24.5. The lowest BCUT2D eigenvalue weighted by Crippen LogP contribution is -2.37. The molecule has 0 aliphatic carbocycles. The molecule has 8 rings (SSSR count). The first-order valence-corrected chi connectivity index (χ1v) is 18.8. The van der Waals surface area contributed by atoms with Gasteiger partial charge in [-0.05, 0) is 111 Å². The second kappa shape index (κ2) is 14.4. The zero-order valence-corrected chi connectivity index (χ0v) is 30.6. The third kappa shape index (κ3) is 6.66. The van der Waals surface area contributed by atoms with Gasteiger partial charge in [-0.2, -0.15) is 0 Å². The number of rotatable bonds is 8. The number of halogens is 1. The van der Waals surface area contributed by atoms with Crippen LogP contribution in [0.3, 0.4) is 0 Å². The van der Waals surface area contributed by atoms with Gasteiger partial charge in [-0.25, -0.2) is 4.99 Å². The van der Waals surface area contributed by atoms with Crippen LogP contribution in [0, 0.1) is 3.57 Å². The van der Waals surface area contributed by atoms with Crippen LogP contribution in [0.4, 0.5) is 11.4 Å². The highest BCUT2D eigenvalue weighted by Crippen LogP contribution is 2.50. The highest BCUT2D eigenvalue weighted by molar-refractivity contribution is 14.1. The Morgan fingerprint density at radius 1 is 0.860 bits per heavy atom. The van der Waals surface area contributed by atoms with Gasteiger partial charge in [-0.3, -0.25) is 4.79 Å². The second-order valence-electron chi connectivity index (χ2n) is 12.8. The van der Waals surface area contributed by atoms with Gasteiger partial charge < -0.3 is 19.7 Å². The predicted octanol–water partition coefficient (Wildman–Crippen LogP) is 9.65. The topological polar surface area (TPSA) is 63.2 Å². The number of methoxy groups -OCH3 is 1. The van der Waals surface area contributed by atoms with Gasteiger partial charge in [0, 0.05) is 30.6 Å². The van der Waals surface area contributed by atoms with Crippen molar-refractivity contribution >= 4 is 62.9 Å². The van der Waals surface area contributed by atoms with Crippen LogP contribution in [0.2, 0.25) is 0 Å². The Morgan fingerprint density at radius 2 is 1.46 bits per heavy atom. The lowest BCUT2D eigenvalue weighted by molar-refractivity contribution is -0.115. The summed E-state index contributed by atoms with van der Waals surface area (Å²) in [4.78, 5) is 21.5. The molecule has 3 aliphatic heterocycles. The van der Waals surface area contributed by atoms with Crippen LogP contribution in [-0.2, 0) is 11.4 Å². The Labute approximate surface area is 310 Å². The molecule has 1 fully saturated rings. The van der Waals surface area contributed by atoms with E-state index in [2.05, 4.69) is 106 Å². The number of amides is 1. The number of hydrogen-bond donors (Lipinski definition) is 1. The Balaban J connectivity index is 1.12. The fourth-order valence-corrected chi connectivity index (χ4v) is 8.97. The molecule has 250 valence electrons. The summed E-state index contributed by atoms with van der Waals surface area (Å²) in [7, 11) is 1.63. The average Bonchev–Trinajstić information content (AvgIpc) is 3.49. The molecule has 1 amide bonds. The van der Waals surface area contributed by atoms with Gasteiger partial charge in [-0.15, -0.1) is 0 Å². The average molecular weight is 790 g/mol. The van der Waals surface area contributed by atoms with Crippen molar-refractivity contribution in [3.05, 3.63) is 157 Å². The fourth-order valence-electron chi connectivity index (χ4n) is 7.35. The Morgan fingerprint density at radius 3 is 2.06 bits per heavy atom. The minimum atomic E-state index is -0.165. The maximum Gasteiger partial charge on any atom is 0.264 e. The van der Waals surface area contributed by atoms with E-state index in [4.69, 9.17) is 14.5 Å². The molecule has 0 saturated carbocycles. The van der Waals surface area contributed by atoms with Crippen molar-refractivity contribution in [1.82, 2.24) is 5.32 Å². The molecule has 5 aromatic rings. The molecule has 0 aromatic heterocycles. The SMILES string of the molecule is COc1cc(/C=C2\SC(=Nc3cc4c5c(c3)[C@@H](c3ccccc3)CCN5CC[C@@H]4c3ccccc3)NC2=O)cc(I)c1OCc1ccccc1. The van der Waals surface area contributed by atoms with Crippen LogP contribution < -0.4 is 19.7 Å². The molecule has 5 aromatic carbocycles. The molecule has 6 nitrogen and oxygen atoms in total. The van der Waals surface area contributed by atoms with Gasteiger partial charge >= 0.3 is 0 Å². The summed E-state index contributed by atoms with van der Waals surface area (Å²) >= 11 is 3.63. The van der Waals surface area contributed by atoms with Gasteiger partial charge in [0.2, 0.25) is 0 Å². The van der Waals surface area contributed by atoms with Crippen molar-refractivity contribution in [3.8, 4) is 11.5 Å². The van der Waals surface area contributed by atoms with Crippen molar-refractivity contribution in [2.45, 2.75) is 31.3 Å². The standard InChI is InChI=1S/C42H36IN3O3S/c1-48-37-22-28(21-36(43)40(37)49-26-27-11-5-2-6-12-27)23-38-41(47)45-42(50-38)44-31-24-34-32(29-13-7-3-8-14-29)17-19-46-20-18-33(35(25-31)39(34)46)30-15-9-4-10-16-30/h2-16,21-25,32-33H,17-20,26H2,1H3,(H,44,45,47)/b38-23-/t32-,33-/m1/s1. The molecule has 8 heteroatoms. The number of thioether (sulfide) groups is 1. The normalized spacial score (nSPS) is 19.7. The van der Waals surface area contributed by atoms with Gasteiger partial charge in [-0.1, -0.05) is 91.0 Å². The molecule has 3 heterocycles. The number of anilines is 1. The highest BCUT2D eigenvalue weighted by Gasteiger charge is 2.35. The Hall–Kier alpha value is -4.54. The molecule has 3 aliphatic rings. The van der Waals surface area contributed by atoms with Crippen LogP contribution in [0.25, 0.3) is 6.08 Å². The number of carbonyl (C=O) groups is 1. The zero-order valence-electron chi connectivity index (χ0n) is 27.6. The number of nitrogens with zero attached hydrogens (tertiary/aromatic N) is 2. The molecule has 0 spiro atoms. The molecule has 1 N–H and O–H groups in total. The first kappa shape index (κ1) is 32.7. The molecule has 2 atom stereocenters. The van der Waals surface area contributed by atoms with Gasteiger partial charge in [0.15, 0.2) is 16.7 Å². The van der Waals surface area contributed by atoms with Crippen LogP contribution >= 0.6 is 34.4 Å². The summed E-state index contributed by atoms with van der Waals surface area (Å²) in [6.07, 6.45) is 4.01. The van der Waals surface area contributed by atoms with Crippen molar-refractivity contribution in [2.75, 3.05) is 25.1 Å². The number of ether oxygens (including phenoxy) is 2. The Bertz CT molecular complexity index is 2030. The van der Waals surface area contributed by atoms with Gasteiger partial charge in [0.1, 0.15) is 6.61 Å². The maximum absolute atomic E-state index is 13.3. The van der Waals surface area contributed by atoms with Crippen LogP contribution in [0.1, 0.15) is 58.1 Å². The lowest BCUT2D eigenvalue weighted by Gasteiger charge is -2.43. The predicted molar refractivity (Wildman–Crippen MR) is 212 cm³/mol. The van der Waals surface area contributed by atoms with E-state index in [0.29, 0.717) is 28.2 Å². The summed E-state index contributed by atoms with van der Waals surface area (Å²) in [6, 6.07) is 40.1. The van der Waals surface area contributed by atoms with E-state index in [1.807, 2.05) is 48.5 Å². The number of benzene rings is 5. The maximum atomic E-state index is 13.3. The summed E-state index contributed by atoms with van der Waals surface area (Å²) in [5.74, 6) is 1.71. The quantitative estimate of drug-likeness (QED) is 0.125. The number of hydrogen-bond acceptors (Lipinski definition) is 6. The second-order valence-corrected chi connectivity index (χ2v) is 14.9. The summed E-state index contributed by atoms with van der Waals surface area (Å²) in [5.41, 5.74) is 9.46. The van der Waals surface area contributed by atoms with E-state index in [1.165, 1.54) is 39.7 Å². The molecular formula is C42H36IN3O3S. The summed E-state index contributed by atoms with van der Waals surface area (Å²) < 4.78 is 12.8. The highest BCUT2D eigenvalue weighted by atomic mass is 127. The summed E-state index contributed by atoms with van der Waals surface area (Å²) in [6.45, 7) is 2.52. The monoisotopic (exact) mass is 789 g/mol. The minimum Gasteiger partial charge on any atom is -0.493 e. The molecule has 0 unspecified atom stereocenters. The van der Waals surface area contributed by atoms with Crippen molar-refractivity contribution in [1.29, 1.82) is 0 Å². The number of amidine groups is 1. The lowest BCUT2D eigenvalue weighted by atomic mass is 9.76. The van der Waals surface area contributed by atoms with Crippen LogP contribution in [0.5, 0.6) is 11.5 Å². The van der Waals surface area contributed by atoms with Gasteiger partial charge in [0.05, 0.1) is 21.3 Å². The van der Waals surface area contributed by atoms with Crippen molar-refractivity contribution in [3.63, 3.8) is 0 Å². The largest absolute Gasteiger partial charge is 0.493 e. The number of nitrogens with one attached hydrogen (secondary N) is 1. The van der Waals surface area contributed by atoms with E-state index in [0.717, 1.165) is 46.3 Å². The van der Waals surface area contributed by atoms with E-state index in [9.17, 15) is 4.79 Å². The smallest absolute Gasteiger partial charge is 0.264 e. The number of aliphatic imine (C=N–C) groups is 1. The molecule has 50 heavy (non-hydrogen) atoms. The minimum absolute atomic E-state index is 0.165. The van der Waals surface area contributed by atoms with Crippen LogP contribution in [-0.4, -0.2) is 31.3 Å². The number of carbonyl (C=O) groups excluding carboxylic acids is 1. The zero-order chi connectivity index (χ0) is 34.0. The molecular weight excluding hydrogens is 753 g/mol. The molecule has 0 bridgehead atoms. The Kier molecular flexibility index (Phi) is 9.38. The fraction of sp³-hybridized carbons (Fsp3) is 0.190. The van der Waals surface area contributed by atoms with E-state index < -0.39 is 0 Å². The molecule has 1 saturated heterocycles. The van der Waals surface area contributed by atoms with E-state index in [-0.39, 0.29) is 17.7 Å². The van der Waals surface area contributed by atoms with Crippen LogP contribution in [0.15, 0.2) is 125 Å². The summed E-state index contributed by atoms with van der Waals surface area (Å²) in [5, 5.41) is 3.61. The third-order valence-corrected chi connectivity index (χ3v) is 11.4. The molecule has 0 radical (unpaired) electrons. The van der Waals surface area contributed by atoms with Gasteiger partial charge in [0.25, 0.3) is 5.91 Å². The first-order valence-electron chi connectivity index (χ1n) is 16.9. The van der Waals surface area contributed by atoms with E-state index >= 15 is 0 Å². The van der Waals surface area contributed by atoms with E-state index in [1.54, 1.807) is 7.11 Å².